The van der Waals surface area contributed by atoms with Crippen molar-refractivity contribution >= 4 is 5.69 Å². The Balaban J connectivity index is 2.02. The zero-order valence-corrected chi connectivity index (χ0v) is 10.2. The third-order valence-corrected chi connectivity index (χ3v) is 3.58. The van der Waals surface area contributed by atoms with Crippen LogP contribution in [0.5, 0.6) is 0 Å². The Bertz CT molecular complexity index is 378. The first kappa shape index (κ1) is 12.4. The van der Waals surface area contributed by atoms with Crippen molar-refractivity contribution < 1.29 is 9.50 Å². The van der Waals surface area contributed by atoms with Gasteiger partial charge in [-0.25, -0.2) is 4.39 Å². The Kier molecular flexibility index (Phi) is 3.67. The number of nitrogens with one attached hydrogen (secondary N) is 1. The van der Waals surface area contributed by atoms with Crippen LogP contribution in [0, 0.1) is 11.7 Å². The molecule has 0 aromatic heterocycles. The van der Waals surface area contributed by atoms with Gasteiger partial charge in [-0.05, 0) is 37.5 Å². The van der Waals surface area contributed by atoms with Gasteiger partial charge in [-0.3, -0.25) is 0 Å². The van der Waals surface area contributed by atoms with Gasteiger partial charge in [-0.15, -0.1) is 0 Å². The molecule has 0 heterocycles. The van der Waals surface area contributed by atoms with Crippen LogP contribution in [-0.2, 0) is 0 Å². The highest BCUT2D eigenvalue weighted by Crippen LogP contribution is 2.34. The summed E-state index contributed by atoms with van der Waals surface area (Å²) in [7, 11) is 0. The van der Waals surface area contributed by atoms with E-state index in [0.717, 1.165) is 12.1 Å². The Hall–Kier alpha value is -1.09. The Labute approximate surface area is 102 Å². The predicted octanol–water partition coefficient (Wildman–Crippen LogP) is 3.18. The lowest BCUT2D eigenvalue weighted by Crippen LogP contribution is -2.41. The van der Waals surface area contributed by atoms with Crippen LogP contribution in [0.2, 0.25) is 0 Å². The van der Waals surface area contributed by atoms with Gasteiger partial charge in [0.1, 0.15) is 5.82 Å². The standard InChI is InChI=1S/C14H20FNO/c1-14(10-17,9-11-4-2-5-11)16-13-7-3-6-12(15)8-13/h3,6-8,11,16-17H,2,4-5,9-10H2,1H3. The highest BCUT2D eigenvalue weighted by molar-refractivity contribution is 5.45. The monoisotopic (exact) mass is 237 g/mol. The van der Waals surface area contributed by atoms with E-state index in [2.05, 4.69) is 5.32 Å². The third-order valence-electron chi connectivity index (χ3n) is 3.58. The second-order valence-electron chi connectivity index (χ2n) is 5.36. The van der Waals surface area contributed by atoms with E-state index >= 15 is 0 Å². The second-order valence-corrected chi connectivity index (χ2v) is 5.36. The number of halogens is 1. The summed E-state index contributed by atoms with van der Waals surface area (Å²) in [6.45, 7) is 2.07. The number of hydrogen-bond donors (Lipinski definition) is 2. The van der Waals surface area contributed by atoms with Crippen molar-refractivity contribution in [1.29, 1.82) is 0 Å². The van der Waals surface area contributed by atoms with Gasteiger partial charge in [0, 0.05) is 5.69 Å². The highest BCUT2D eigenvalue weighted by atomic mass is 19.1. The molecule has 1 saturated carbocycles. The normalized spacial score (nSPS) is 19.5. The Morgan fingerprint density at radius 2 is 2.24 bits per heavy atom. The quantitative estimate of drug-likeness (QED) is 0.824. The lowest BCUT2D eigenvalue weighted by Gasteiger charge is -2.37. The van der Waals surface area contributed by atoms with Crippen LogP contribution >= 0.6 is 0 Å². The highest BCUT2D eigenvalue weighted by Gasteiger charge is 2.30. The molecule has 1 aromatic carbocycles. The molecular weight excluding hydrogens is 217 g/mol. The van der Waals surface area contributed by atoms with E-state index in [1.165, 1.54) is 31.4 Å². The molecule has 1 aliphatic rings. The molecule has 1 aliphatic carbocycles. The van der Waals surface area contributed by atoms with Gasteiger partial charge < -0.3 is 10.4 Å². The molecule has 0 amide bonds. The van der Waals surface area contributed by atoms with Crippen molar-refractivity contribution in [3.8, 4) is 0 Å². The zero-order chi connectivity index (χ0) is 12.3. The van der Waals surface area contributed by atoms with E-state index in [9.17, 15) is 9.50 Å². The van der Waals surface area contributed by atoms with Crippen LogP contribution in [0.3, 0.4) is 0 Å². The van der Waals surface area contributed by atoms with Crippen molar-refractivity contribution in [3.05, 3.63) is 30.1 Å². The summed E-state index contributed by atoms with van der Waals surface area (Å²) < 4.78 is 13.1. The first-order chi connectivity index (χ1) is 8.11. The maximum Gasteiger partial charge on any atom is 0.125 e. The van der Waals surface area contributed by atoms with Gasteiger partial charge in [-0.1, -0.05) is 25.3 Å². The minimum absolute atomic E-state index is 0.0695. The van der Waals surface area contributed by atoms with E-state index in [-0.39, 0.29) is 18.0 Å². The summed E-state index contributed by atoms with van der Waals surface area (Å²) in [5.74, 6) is 0.451. The minimum Gasteiger partial charge on any atom is -0.394 e. The molecule has 2 N–H and O–H groups in total. The number of aliphatic hydroxyl groups is 1. The molecule has 0 saturated heterocycles. The van der Waals surface area contributed by atoms with Gasteiger partial charge in [-0.2, -0.15) is 0 Å². The lowest BCUT2D eigenvalue weighted by molar-refractivity contribution is 0.167. The maximum absolute atomic E-state index is 13.1. The smallest absolute Gasteiger partial charge is 0.125 e. The largest absolute Gasteiger partial charge is 0.394 e. The van der Waals surface area contributed by atoms with Gasteiger partial charge in [0.25, 0.3) is 0 Å². The fraction of sp³-hybridized carbons (Fsp3) is 0.571. The third kappa shape index (κ3) is 3.19. The van der Waals surface area contributed by atoms with Crippen molar-refractivity contribution in [2.24, 2.45) is 5.92 Å². The first-order valence-electron chi connectivity index (χ1n) is 6.26. The number of benzene rings is 1. The second kappa shape index (κ2) is 5.05. The van der Waals surface area contributed by atoms with Crippen LogP contribution in [-0.4, -0.2) is 17.3 Å². The minimum atomic E-state index is -0.348. The molecule has 1 fully saturated rings. The van der Waals surface area contributed by atoms with Crippen LogP contribution in [0.4, 0.5) is 10.1 Å². The van der Waals surface area contributed by atoms with E-state index in [4.69, 9.17) is 0 Å². The first-order valence-corrected chi connectivity index (χ1v) is 6.26. The van der Waals surface area contributed by atoms with Crippen LogP contribution in [0.1, 0.15) is 32.6 Å². The van der Waals surface area contributed by atoms with Crippen LogP contribution < -0.4 is 5.32 Å². The molecule has 1 atom stereocenters. The molecule has 2 nitrogen and oxygen atoms in total. The summed E-state index contributed by atoms with van der Waals surface area (Å²) in [5, 5.41) is 12.8. The van der Waals surface area contributed by atoms with Crippen molar-refractivity contribution in [1.82, 2.24) is 0 Å². The summed E-state index contributed by atoms with van der Waals surface area (Å²) in [5.41, 5.74) is 0.389. The van der Waals surface area contributed by atoms with Crippen molar-refractivity contribution in [2.45, 2.75) is 38.1 Å². The Morgan fingerprint density at radius 1 is 1.47 bits per heavy atom. The Morgan fingerprint density at radius 3 is 2.76 bits per heavy atom. The van der Waals surface area contributed by atoms with Gasteiger partial charge in [0.2, 0.25) is 0 Å². The lowest BCUT2D eigenvalue weighted by atomic mass is 9.76. The molecule has 0 bridgehead atoms. The van der Waals surface area contributed by atoms with Gasteiger partial charge in [0.05, 0.1) is 12.1 Å². The average Bonchev–Trinajstić information content (AvgIpc) is 2.24. The molecule has 1 aromatic rings. The molecule has 0 spiro atoms. The molecule has 0 aliphatic heterocycles. The zero-order valence-electron chi connectivity index (χ0n) is 10.2. The van der Waals surface area contributed by atoms with E-state index in [1.54, 1.807) is 6.07 Å². The number of hydrogen-bond acceptors (Lipinski definition) is 2. The molecule has 1 unspecified atom stereocenters. The maximum atomic E-state index is 13.1. The fourth-order valence-electron chi connectivity index (χ4n) is 2.40. The SMILES string of the molecule is CC(CO)(CC1CCC1)Nc1cccc(F)c1. The summed E-state index contributed by atoms with van der Waals surface area (Å²) >= 11 is 0. The van der Waals surface area contributed by atoms with E-state index < -0.39 is 0 Å². The van der Waals surface area contributed by atoms with E-state index in [0.29, 0.717) is 5.92 Å². The molecule has 94 valence electrons. The van der Waals surface area contributed by atoms with Crippen molar-refractivity contribution in [3.63, 3.8) is 0 Å². The van der Waals surface area contributed by atoms with E-state index in [1.807, 2.05) is 13.0 Å². The van der Waals surface area contributed by atoms with Crippen LogP contribution in [0.15, 0.2) is 24.3 Å². The molecule has 2 rings (SSSR count). The predicted molar refractivity (Wildman–Crippen MR) is 67.5 cm³/mol. The molecule has 3 heteroatoms. The fourth-order valence-corrected chi connectivity index (χ4v) is 2.40. The average molecular weight is 237 g/mol. The number of anilines is 1. The molecule has 0 radical (unpaired) electrons. The van der Waals surface area contributed by atoms with Gasteiger partial charge >= 0.3 is 0 Å². The molecule has 17 heavy (non-hydrogen) atoms. The van der Waals surface area contributed by atoms with Crippen LogP contribution in [0.25, 0.3) is 0 Å². The van der Waals surface area contributed by atoms with Gasteiger partial charge in [0.15, 0.2) is 0 Å². The number of aliphatic hydroxyl groups excluding tert-OH is 1. The summed E-state index contributed by atoms with van der Waals surface area (Å²) in [6, 6.07) is 6.40. The van der Waals surface area contributed by atoms with Crippen molar-refractivity contribution in [2.75, 3.05) is 11.9 Å². The topological polar surface area (TPSA) is 32.3 Å². The summed E-state index contributed by atoms with van der Waals surface area (Å²) in [6.07, 6.45) is 4.74. The molecular formula is C14H20FNO. The number of rotatable bonds is 5. The summed E-state index contributed by atoms with van der Waals surface area (Å²) in [4.78, 5) is 0.